The van der Waals surface area contributed by atoms with E-state index in [2.05, 4.69) is 49.9 Å². The quantitative estimate of drug-likeness (QED) is 0.302. The maximum absolute atomic E-state index is 6.19. The van der Waals surface area contributed by atoms with Gasteiger partial charge in [-0.05, 0) is 31.5 Å². The Morgan fingerprint density at radius 2 is 2.00 bits per heavy atom. The molecule has 0 aliphatic heterocycles. The number of hydrogen-bond donors (Lipinski definition) is 0. The van der Waals surface area contributed by atoms with Gasteiger partial charge in [-0.3, -0.25) is 4.84 Å². The van der Waals surface area contributed by atoms with Gasteiger partial charge in [-0.15, -0.1) is 0 Å². The summed E-state index contributed by atoms with van der Waals surface area (Å²) in [7, 11) is 1.65. The SMILES string of the molecule is CON(C)C(=S)c1nc(C)ncc1/C=C/CCO[Si](C)(C)C(C)(C)C. The van der Waals surface area contributed by atoms with Gasteiger partial charge in [0, 0.05) is 25.4 Å². The lowest BCUT2D eigenvalue weighted by atomic mass is 10.2. The fourth-order valence-corrected chi connectivity index (χ4v) is 3.11. The lowest BCUT2D eigenvalue weighted by Gasteiger charge is -2.36. The molecule has 0 saturated heterocycles. The largest absolute Gasteiger partial charge is 0.417 e. The minimum atomic E-state index is -1.69. The molecule has 0 radical (unpaired) electrons. The number of aromatic nitrogens is 2. The molecule has 0 fully saturated rings. The van der Waals surface area contributed by atoms with Crippen molar-refractivity contribution < 1.29 is 9.26 Å². The Bertz CT molecular complexity index is 627. The van der Waals surface area contributed by atoms with Gasteiger partial charge in [-0.1, -0.05) is 45.1 Å². The summed E-state index contributed by atoms with van der Waals surface area (Å²) >= 11 is 5.44. The van der Waals surface area contributed by atoms with E-state index < -0.39 is 8.32 Å². The second-order valence-corrected chi connectivity index (χ2v) is 12.7. The van der Waals surface area contributed by atoms with E-state index in [0.29, 0.717) is 16.5 Å². The molecule has 0 atom stereocenters. The van der Waals surface area contributed by atoms with Crippen molar-refractivity contribution in [3.63, 3.8) is 0 Å². The van der Waals surface area contributed by atoms with Crippen molar-refractivity contribution >= 4 is 31.6 Å². The summed E-state index contributed by atoms with van der Waals surface area (Å²) in [6, 6.07) is 0. The lowest BCUT2D eigenvalue weighted by molar-refractivity contribution is -0.0387. The van der Waals surface area contributed by atoms with Gasteiger partial charge in [0.15, 0.2) is 13.3 Å². The monoisotopic (exact) mass is 381 g/mol. The molecule has 0 amide bonds. The highest BCUT2D eigenvalue weighted by molar-refractivity contribution is 7.80. The summed E-state index contributed by atoms with van der Waals surface area (Å²) in [6.07, 6.45) is 6.71. The first kappa shape index (κ1) is 21.9. The van der Waals surface area contributed by atoms with Crippen molar-refractivity contribution in [2.75, 3.05) is 20.8 Å². The molecule has 1 heterocycles. The van der Waals surface area contributed by atoms with Crippen LogP contribution in [0.4, 0.5) is 0 Å². The fourth-order valence-electron chi connectivity index (χ4n) is 1.81. The molecule has 1 rings (SSSR count). The summed E-state index contributed by atoms with van der Waals surface area (Å²) in [5, 5.41) is 1.75. The number of thiocarbonyl (C=S) groups is 1. The molecule has 25 heavy (non-hydrogen) atoms. The van der Waals surface area contributed by atoms with Gasteiger partial charge in [0.25, 0.3) is 0 Å². The first-order valence-corrected chi connectivity index (χ1v) is 11.8. The van der Waals surface area contributed by atoms with Crippen LogP contribution in [0, 0.1) is 6.92 Å². The molecule has 7 heteroatoms. The Labute approximate surface area is 158 Å². The average molecular weight is 382 g/mol. The minimum Gasteiger partial charge on any atom is -0.417 e. The van der Waals surface area contributed by atoms with E-state index in [1.165, 1.54) is 5.06 Å². The predicted molar refractivity (Wildman–Crippen MR) is 110 cm³/mol. The van der Waals surface area contributed by atoms with E-state index in [4.69, 9.17) is 21.5 Å². The number of hydrogen-bond acceptors (Lipinski definition) is 5. The third kappa shape index (κ3) is 6.25. The van der Waals surface area contributed by atoms with Crippen molar-refractivity contribution in [1.82, 2.24) is 15.0 Å². The maximum Gasteiger partial charge on any atom is 0.191 e. The summed E-state index contributed by atoms with van der Waals surface area (Å²) < 4.78 is 6.19. The van der Waals surface area contributed by atoms with Crippen LogP contribution in [-0.2, 0) is 9.26 Å². The zero-order chi connectivity index (χ0) is 19.3. The van der Waals surface area contributed by atoms with Gasteiger partial charge in [0.05, 0.1) is 7.11 Å². The van der Waals surface area contributed by atoms with Crippen LogP contribution >= 0.6 is 12.2 Å². The molecular formula is C18H31N3O2SSi. The number of hydroxylamine groups is 2. The van der Waals surface area contributed by atoms with Crippen LogP contribution in [-0.4, -0.2) is 49.1 Å². The zero-order valence-electron chi connectivity index (χ0n) is 16.7. The van der Waals surface area contributed by atoms with E-state index in [-0.39, 0.29) is 5.04 Å². The van der Waals surface area contributed by atoms with Crippen molar-refractivity contribution in [2.45, 2.75) is 52.2 Å². The predicted octanol–water partition coefficient (Wildman–Crippen LogP) is 4.38. The van der Waals surface area contributed by atoms with Gasteiger partial charge < -0.3 is 4.43 Å². The van der Waals surface area contributed by atoms with Crippen LogP contribution in [0.3, 0.4) is 0 Å². The van der Waals surface area contributed by atoms with Crippen LogP contribution in [0.5, 0.6) is 0 Å². The minimum absolute atomic E-state index is 0.228. The van der Waals surface area contributed by atoms with Crippen molar-refractivity contribution in [1.29, 1.82) is 0 Å². The molecule has 0 aromatic carbocycles. The fraction of sp³-hybridized carbons (Fsp3) is 0.611. The first-order valence-electron chi connectivity index (χ1n) is 8.46. The van der Waals surface area contributed by atoms with E-state index in [1.54, 1.807) is 20.4 Å². The third-order valence-corrected chi connectivity index (χ3v) is 9.54. The average Bonchev–Trinajstić information content (AvgIpc) is 2.53. The smallest absolute Gasteiger partial charge is 0.191 e. The number of nitrogens with zero attached hydrogens (tertiary/aromatic N) is 3. The van der Waals surface area contributed by atoms with Crippen LogP contribution < -0.4 is 0 Å². The second-order valence-electron chi connectivity index (χ2n) is 7.51. The van der Waals surface area contributed by atoms with Crippen LogP contribution in [0.15, 0.2) is 12.3 Å². The Balaban J connectivity index is 2.77. The maximum atomic E-state index is 6.19. The van der Waals surface area contributed by atoms with E-state index in [0.717, 1.165) is 18.6 Å². The molecule has 0 aliphatic carbocycles. The summed E-state index contributed by atoms with van der Waals surface area (Å²) in [6.45, 7) is 13.8. The van der Waals surface area contributed by atoms with Crippen molar-refractivity contribution in [3.05, 3.63) is 29.4 Å². The highest BCUT2D eigenvalue weighted by atomic mass is 32.1. The van der Waals surface area contributed by atoms with E-state index in [9.17, 15) is 0 Å². The van der Waals surface area contributed by atoms with Gasteiger partial charge in [0.2, 0.25) is 0 Å². The van der Waals surface area contributed by atoms with Gasteiger partial charge in [0.1, 0.15) is 11.5 Å². The highest BCUT2D eigenvalue weighted by Gasteiger charge is 2.36. The molecule has 1 aromatic heterocycles. The first-order chi connectivity index (χ1) is 11.5. The van der Waals surface area contributed by atoms with Gasteiger partial charge >= 0.3 is 0 Å². The molecule has 5 nitrogen and oxygen atoms in total. The molecular weight excluding hydrogens is 350 g/mol. The van der Waals surface area contributed by atoms with Gasteiger partial charge in [-0.2, -0.15) is 0 Å². The molecule has 0 bridgehead atoms. The normalized spacial score (nSPS) is 12.6. The van der Waals surface area contributed by atoms with E-state index >= 15 is 0 Å². The molecule has 0 unspecified atom stereocenters. The highest BCUT2D eigenvalue weighted by Crippen LogP contribution is 2.36. The molecule has 0 saturated carbocycles. The Morgan fingerprint density at radius 3 is 2.56 bits per heavy atom. The third-order valence-electron chi connectivity index (χ3n) is 4.55. The zero-order valence-corrected chi connectivity index (χ0v) is 18.5. The Kier molecular flexibility index (Phi) is 7.86. The van der Waals surface area contributed by atoms with Crippen LogP contribution in [0.1, 0.15) is 44.3 Å². The molecule has 140 valence electrons. The lowest BCUT2D eigenvalue weighted by Crippen LogP contribution is -2.40. The standard InChI is InChI=1S/C18H31N3O2SSi/c1-14-19-13-15(16(20-14)17(24)21(5)22-6)11-9-10-12-23-25(7,8)18(2,3)4/h9,11,13H,10,12H2,1-8H3/b11-9+. The van der Waals surface area contributed by atoms with Crippen molar-refractivity contribution in [3.8, 4) is 0 Å². The summed E-state index contributed by atoms with van der Waals surface area (Å²) in [5.41, 5.74) is 1.58. The Morgan fingerprint density at radius 1 is 1.36 bits per heavy atom. The summed E-state index contributed by atoms with van der Waals surface area (Å²) in [5.74, 6) is 0.681. The Hall–Kier alpha value is -1.15. The van der Waals surface area contributed by atoms with Gasteiger partial charge in [-0.25, -0.2) is 15.0 Å². The number of rotatable bonds is 7. The van der Waals surface area contributed by atoms with Crippen LogP contribution in [0.2, 0.25) is 18.1 Å². The van der Waals surface area contributed by atoms with E-state index in [1.807, 2.05) is 13.0 Å². The number of aryl methyl sites for hydroxylation is 1. The second kappa shape index (κ2) is 8.98. The van der Waals surface area contributed by atoms with Crippen molar-refractivity contribution in [2.24, 2.45) is 0 Å². The molecule has 0 aliphatic rings. The molecule has 1 aromatic rings. The summed E-state index contributed by atoms with van der Waals surface area (Å²) in [4.78, 5) is 14.4. The molecule has 0 N–H and O–H groups in total. The van der Waals surface area contributed by atoms with Crippen LogP contribution in [0.25, 0.3) is 6.08 Å². The topological polar surface area (TPSA) is 47.5 Å². The molecule has 0 spiro atoms.